The van der Waals surface area contributed by atoms with Gasteiger partial charge < -0.3 is 8.92 Å². The maximum atomic E-state index is 12.3. The molecule has 0 spiro atoms. The van der Waals surface area contributed by atoms with Crippen LogP contribution in [0.5, 0.6) is 11.5 Å². The first kappa shape index (κ1) is 21.8. The summed E-state index contributed by atoms with van der Waals surface area (Å²) in [6.07, 6.45) is -1.11. The van der Waals surface area contributed by atoms with Crippen molar-refractivity contribution in [1.29, 1.82) is 0 Å². The van der Waals surface area contributed by atoms with Crippen molar-refractivity contribution >= 4 is 16.4 Å². The van der Waals surface area contributed by atoms with Gasteiger partial charge >= 0.3 is 16.4 Å². The Labute approximate surface area is 167 Å². The molecule has 0 aromatic heterocycles. The van der Waals surface area contributed by atoms with Crippen molar-refractivity contribution in [2.24, 2.45) is 0 Å². The van der Waals surface area contributed by atoms with Gasteiger partial charge in [-0.25, -0.2) is 4.79 Å². The summed E-state index contributed by atoms with van der Waals surface area (Å²) in [7, 11) is -4.39. The first-order chi connectivity index (χ1) is 13.0. The summed E-state index contributed by atoms with van der Waals surface area (Å²) in [6, 6.07) is 10.9. The van der Waals surface area contributed by atoms with Crippen LogP contribution in [0.4, 0.5) is 4.79 Å². The highest BCUT2D eigenvalue weighted by Crippen LogP contribution is 2.34. The summed E-state index contributed by atoms with van der Waals surface area (Å²) in [6.45, 7) is 11.4. The lowest BCUT2D eigenvalue weighted by Gasteiger charge is -2.19. The average Bonchev–Trinajstić information content (AvgIpc) is 2.57. The smallest absolute Gasteiger partial charge is 0.409 e. The van der Waals surface area contributed by atoms with Gasteiger partial charge in [-0.3, -0.25) is 0 Å². The minimum atomic E-state index is -4.39. The highest BCUT2D eigenvalue weighted by atomic mass is 32.2. The molecule has 2 aromatic rings. The standard InChI is InChI=1S/C21H27NO5S/c1-13(2)17-11-8-12-18(14(3)4)20(17)26-21(23)22-28(24,25)27-19-15(5)9-7-10-16(19)6/h7-14H,1-6H3,(H,22,23). The van der Waals surface area contributed by atoms with E-state index in [1.165, 1.54) is 0 Å². The van der Waals surface area contributed by atoms with E-state index in [0.29, 0.717) is 16.9 Å². The Balaban J connectivity index is 2.24. The van der Waals surface area contributed by atoms with E-state index in [1.807, 2.05) is 50.6 Å². The molecule has 0 aliphatic heterocycles. The van der Waals surface area contributed by atoms with Gasteiger partial charge in [0, 0.05) is 0 Å². The fourth-order valence-electron chi connectivity index (χ4n) is 2.88. The second kappa shape index (κ2) is 8.65. The van der Waals surface area contributed by atoms with Crippen molar-refractivity contribution in [2.75, 3.05) is 0 Å². The molecule has 7 heteroatoms. The summed E-state index contributed by atoms with van der Waals surface area (Å²) in [5.74, 6) is 0.772. The molecule has 28 heavy (non-hydrogen) atoms. The molecular weight excluding hydrogens is 378 g/mol. The average molecular weight is 406 g/mol. The Bertz CT molecular complexity index is 918. The van der Waals surface area contributed by atoms with E-state index in [2.05, 4.69) is 0 Å². The van der Waals surface area contributed by atoms with Crippen LogP contribution in [-0.2, 0) is 10.3 Å². The number of aryl methyl sites for hydroxylation is 2. The molecule has 6 nitrogen and oxygen atoms in total. The van der Waals surface area contributed by atoms with Gasteiger partial charge in [0.05, 0.1) is 0 Å². The molecular formula is C21H27NO5S. The van der Waals surface area contributed by atoms with E-state index in [4.69, 9.17) is 8.92 Å². The number of carbonyl (C=O) groups is 1. The first-order valence-electron chi connectivity index (χ1n) is 9.15. The summed E-state index contributed by atoms with van der Waals surface area (Å²) in [4.78, 5) is 12.3. The van der Waals surface area contributed by atoms with Gasteiger partial charge in [-0.15, -0.1) is 0 Å². The van der Waals surface area contributed by atoms with Gasteiger partial charge in [0.1, 0.15) is 11.5 Å². The van der Waals surface area contributed by atoms with E-state index in [9.17, 15) is 13.2 Å². The van der Waals surface area contributed by atoms with Crippen LogP contribution < -0.4 is 13.6 Å². The maximum Gasteiger partial charge on any atom is 0.429 e. The van der Waals surface area contributed by atoms with Gasteiger partial charge in [0.2, 0.25) is 0 Å². The van der Waals surface area contributed by atoms with Crippen LogP contribution in [0.2, 0.25) is 0 Å². The molecule has 1 amide bonds. The molecule has 152 valence electrons. The summed E-state index contributed by atoms with van der Waals surface area (Å²) in [5, 5.41) is 0. The number of rotatable bonds is 6. The van der Waals surface area contributed by atoms with Crippen molar-refractivity contribution in [3.63, 3.8) is 0 Å². The SMILES string of the molecule is Cc1cccc(C)c1OS(=O)(=O)NC(=O)Oc1c(C(C)C)cccc1C(C)C. The van der Waals surface area contributed by atoms with Crippen LogP contribution in [0.15, 0.2) is 36.4 Å². The molecule has 0 fully saturated rings. The number of carbonyl (C=O) groups excluding carboxylic acids is 1. The molecule has 0 saturated heterocycles. The van der Waals surface area contributed by atoms with Crippen molar-refractivity contribution in [2.45, 2.75) is 53.4 Å². The van der Waals surface area contributed by atoms with Gasteiger partial charge in [-0.2, -0.15) is 13.1 Å². The minimum absolute atomic E-state index is 0.101. The number of amides is 1. The minimum Gasteiger partial charge on any atom is -0.409 e. The van der Waals surface area contributed by atoms with Crippen LogP contribution in [0.25, 0.3) is 0 Å². The molecule has 1 N–H and O–H groups in total. The fourth-order valence-corrected chi connectivity index (χ4v) is 3.65. The van der Waals surface area contributed by atoms with Gasteiger partial charge in [-0.05, 0) is 47.9 Å². The van der Waals surface area contributed by atoms with Crippen molar-refractivity contribution < 1.29 is 22.1 Å². The Morgan fingerprint density at radius 1 is 0.857 bits per heavy atom. The monoisotopic (exact) mass is 405 g/mol. The van der Waals surface area contributed by atoms with Crippen molar-refractivity contribution in [1.82, 2.24) is 4.72 Å². The van der Waals surface area contributed by atoms with E-state index >= 15 is 0 Å². The molecule has 0 radical (unpaired) electrons. The highest BCUT2D eigenvalue weighted by molar-refractivity contribution is 7.85. The number of para-hydroxylation sites is 2. The number of hydrogen-bond donors (Lipinski definition) is 1. The third-order valence-electron chi connectivity index (χ3n) is 4.32. The zero-order valence-electron chi connectivity index (χ0n) is 17.1. The molecule has 0 aliphatic rings. The van der Waals surface area contributed by atoms with E-state index < -0.39 is 16.4 Å². The van der Waals surface area contributed by atoms with Gasteiger partial charge in [0.15, 0.2) is 0 Å². The van der Waals surface area contributed by atoms with Gasteiger partial charge in [0.25, 0.3) is 0 Å². The third kappa shape index (κ3) is 5.25. The lowest BCUT2D eigenvalue weighted by atomic mass is 9.94. The molecule has 0 heterocycles. The number of nitrogens with one attached hydrogen (secondary N) is 1. The highest BCUT2D eigenvalue weighted by Gasteiger charge is 2.23. The van der Waals surface area contributed by atoms with Crippen LogP contribution >= 0.6 is 0 Å². The summed E-state index contributed by atoms with van der Waals surface area (Å²) in [5.41, 5.74) is 2.95. The summed E-state index contributed by atoms with van der Waals surface area (Å²) >= 11 is 0. The van der Waals surface area contributed by atoms with Crippen molar-refractivity contribution in [3.05, 3.63) is 58.7 Å². The Morgan fingerprint density at radius 2 is 1.32 bits per heavy atom. The van der Waals surface area contributed by atoms with Crippen LogP contribution in [0.3, 0.4) is 0 Å². The van der Waals surface area contributed by atoms with Crippen LogP contribution in [0.1, 0.15) is 61.8 Å². The Kier molecular flexibility index (Phi) is 6.72. The molecule has 0 aliphatic carbocycles. The predicted molar refractivity (Wildman–Crippen MR) is 109 cm³/mol. The second-order valence-corrected chi connectivity index (χ2v) is 8.60. The topological polar surface area (TPSA) is 81.7 Å². The molecule has 0 unspecified atom stereocenters. The molecule has 0 atom stereocenters. The summed E-state index contributed by atoms with van der Waals surface area (Å²) < 4.78 is 37.0. The second-order valence-electron chi connectivity index (χ2n) is 7.32. The molecule has 0 bridgehead atoms. The van der Waals surface area contributed by atoms with Crippen LogP contribution in [0, 0.1) is 13.8 Å². The quantitative estimate of drug-likeness (QED) is 0.734. The zero-order valence-corrected chi connectivity index (χ0v) is 17.9. The van der Waals surface area contributed by atoms with E-state index in [1.54, 1.807) is 32.0 Å². The number of benzene rings is 2. The van der Waals surface area contributed by atoms with Gasteiger partial charge in [-0.1, -0.05) is 64.1 Å². The van der Waals surface area contributed by atoms with Crippen molar-refractivity contribution in [3.8, 4) is 11.5 Å². The number of hydrogen-bond acceptors (Lipinski definition) is 5. The molecule has 2 rings (SSSR count). The molecule has 2 aromatic carbocycles. The van der Waals surface area contributed by atoms with Crippen LogP contribution in [-0.4, -0.2) is 14.5 Å². The number of ether oxygens (including phenoxy) is 1. The maximum absolute atomic E-state index is 12.3. The lowest BCUT2D eigenvalue weighted by Crippen LogP contribution is -2.36. The Morgan fingerprint density at radius 3 is 1.79 bits per heavy atom. The fraction of sp³-hybridized carbons (Fsp3) is 0.381. The first-order valence-corrected chi connectivity index (χ1v) is 10.6. The van der Waals surface area contributed by atoms with E-state index in [-0.39, 0.29) is 17.6 Å². The normalized spacial score (nSPS) is 11.6. The zero-order chi connectivity index (χ0) is 21.1. The van der Waals surface area contributed by atoms with E-state index in [0.717, 1.165) is 11.1 Å². The third-order valence-corrected chi connectivity index (χ3v) is 5.13. The largest absolute Gasteiger partial charge is 0.429 e. The predicted octanol–water partition coefficient (Wildman–Crippen LogP) is 4.96. The Hall–Kier alpha value is -2.54. The molecule has 0 saturated carbocycles. The lowest BCUT2D eigenvalue weighted by molar-refractivity contribution is 0.205.